The van der Waals surface area contributed by atoms with E-state index in [0.29, 0.717) is 11.6 Å². The molecule has 0 saturated carbocycles. The maximum atomic E-state index is 12.4. The van der Waals surface area contributed by atoms with Crippen LogP contribution in [0.25, 0.3) is 6.08 Å². The molecule has 1 amide bonds. The van der Waals surface area contributed by atoms with Gasteiger partial charge in [-0.05, 0) is 55.9 Å². The largest absolute Gasteiger partial charge is 0.348 e. The second-order valence-corrected chi connectivity index (χ2v) is 7.37. The monoisotopic (exact) mass is 368 g/mol. The first kappa shape index (κ1) is 19.8. The van der Waals surface area contributed by atoms with E-state index in [1.165, 1.54) is 11.8 Å². The Morgan fingerprint density at radius 1 is 1.42 bits per heavy atom. The number of nitrogens with zero attached hydrogens (tertiary/aromatic N) is 3. The average Bonchev–Trinajstić information content (AvgIpc) is 2.87. The summed E-state index contributed by atoms with van der Waals surface area (Å²) in [6, 6.07) is 7.62. The summed E-state index contributed by atoms with van der Waals surface area (Å²) in [5, 5.41) is 13.0. The zero-order chi connectivity index (χ0) is 19.3. The molecule has 0 aliphatic rings. The highest BCUT2D eigenvalue weighted by Gasteiger charge is 2.14. The number of aromatic nitrogens is 2. The van der Waals surface area contributed by atoms with Crippen molar-refractivity contribution in [3.63, 3.8) is 0 Å². The molecule has 136 valence electrons. The van der Waals surface area contributed by atoms with Crippen LogP contribution in [0.2, 0.25) is 0 Å². The van der Waals surface area contributed by atoms with Gasteiger partial charge in [0.2, 0.25) is 0 Å². The Morgan fingerprint density at radius 3 is 2.69 bits per heavy atom. The predicted molar refractivity (Wildman–Crippen MR) is 107 cm³/mol. The number of nitriles is 1. The molecule has 1 N–H and O–H groups in total. The minimum atomic E-state index is -0.431. The number of thioether (sulfide) groups is 1. The number of carbonyl (C=O) groups is 1. The van der Waals surface area contributed by atoms with Gasteiger partial charge < -0.3 is 9.88 Å². The summed E-state index contributed by atoms with van der Waals surface area (Å²) < 4.78 is 2.22. The summed E-state index contributed by atoms with van der Waals surface area (Å²) in [5.41, 5.74) is 3.72. The van der Waals surface area contributed by atoms with Gasteiger partial charge in [-0.3, -0.25) is 4.79 Å². The van der Waals surface area contributed by atoms with Crippen LogP contribution in [0, 0.1) is 31.1 Å². The Kier molecular flexibility index (Phi) is 6.64. The van der Waals surface area contributed by atoms with Crippen molar-refractivity contribution in [1.29, 1.82) is 5.26 Å². The van der Waals surface area contributed by atoms with Crippen LogP contribution in [0.1, 0.15) is 30.8 Å². The fourth-order valence-electron chi connectivity index (χ4n) is 2.70. The Morgan fingerprint density at radius 2 is 2.15 bits per heavy atom. The number of hydrogen-bond acceptors (Lipinski definition) is 4. The average molecular weight is 369 g/mol. The molecule has 2 aromatic heterocycles. The number of carbonyl (C=O) groups excluding carboxylic acids is 1. The topological polar surface area (TPSA) is 70.7 Å². The second-order valence-electron chi connectivity index (χ2n) is 6.54. The summed E-state index contributed by atoms with van der Waals surface area (Å²) in [4.78, 5) is 16.7. The van der Waals surface area contributed by atoms with Crippen LogP contribution < -0.4 is 5.32 Å². The van der Waals surface area contributed by atoms with E-state index in [-0.39, 0.29) is 5.57 Å². The molecule has 0 fully saturated rings. The highest BCUT2D eigenvalue weighted by molar-refractivity contribution is 7.98. The van der Waals surface area contributed by atoms with Gasteiger partial charge in [-0.1, -0.05) is 13.8 Å². The minimum Gasteiger partial charge on any atom is -0.348 e. The van der Waals surface area contributed by atoms with Crippen LogP contribution >= 0.6 is 11.8 Å². The van der Waals surface area contributed by atoms with Gasteiger partial charge in [0, 0.05) is 17.9 Å². The molecule has 5 nitrogen and oxygen atoms in total. The lowest BCUT2D eigenvalue weighted by Crippen LogP contribution is -2.13. The molecule has 0 bridgehead atoms. The van der Waals surface area contributed by atoms with Crippen LogP contribution in [0.4, 0.5) is 5.69 Å². The highest BCUT2D eigenvalue weighted by Crippen LogP contribution is 2.20. The van der Waals surface area contributed by atoms with Crippen molar-refractivity contribution in [2.24, 2.45) is 5.92 Å². The quantitative estimate of drug-likeness (QED) is 0.465. The van der Waals surface area contributed by atoms with E-state index >= 15 is 0 Å². The van der Waals surface area contributed by atoms with Crippen molar-refractivity contribution in [2.75, 3.05) is 11.6 Å². The van der Waals surface area contributed by atoms with Gasteiger partial charge in [-0.2, -0.15) is 5.26 Å². The fraction of sp³-hybridized carbons (Fsp3) is 0.350. The molecule has 2 heterocycles. The zero-order valence-electron chi connectivity index (χ0n) is 15.8. The van der Waals surface area contributed by atoms with E-state index < -0.39 is 5.91 Å². The normalized spacial score (nSPS) is 11.5. The SMILES string of the molecule is CSc1ccc(NC(=O)/C(C#N)=C\c2cc(C)n(CC(C)C)c2C)cn1. The number of amides is 1. The Balaban J connectivity index is 2.24. The zero-order valence-corrected chi connectivity index (χ0v) is 16.6. The molecule has 0 spiro atoms. The molecular formula is C20H24N4OS. The first-order valence-electron chi connectivity index (χ1n) is 8.45. The van der Waals surface area contributed by atoms with Gasteiger partial charge in [0.15, 0.2) is 0 Å². The molecule has 0 aliphatic carbocycles. The Hall–Kier alpha value is -2.52. The van der Waals surface area contributed by atoms with Crippen molar-refractivity contribution in [3.8, 4) is 6.07 Å². The molecule has 2 aromatic rings. The molecular weight excluding hydrogens is 344 g/mol. The summed E-state index contributed by atoms with van der Waals surface area (Å²) in [5.74, 6) is 0.0898. The number of hydrogen-bond donors (Lipinski definition) is 1. The van der Waals surface area contributed by atoms with E-state index in [2.05, 4.69) is 28.7 Å². The molecule has 6 heteroatoms. The summed E-state index contributed by atoms with van der Waals surface area (Å²) in [6.07, 6.45) is 5.18. The summed E-state index contributed by atoms with van der Waals surface area (Å²) in [7, 11) is 0. The van der Waals surface area contributed by atoms with Gasteiger partial charge in [0.1, 0.15) is 11.6 Å². The Labute approximate surface area is 159 Å². The number of aryl methyl sites for hydroxylation is 1. The van der Waals surface area contributed by atoms with Crippen LogP contribution in [-0.4, -0.2) is 21.7 Å². The maximum Gasteiger partial charge on any atom is 0.266 e. The van der Waals surface area contributed by atoms with Crippen molar-refractivity contribution in [2.45, 2.75) is 39.3 Å². The van der Waals surface area contributed by atoms with Crippen LogP contribution in [0.15, 0.2) is 35.0 Å². The molecule has 0 unspecified atom stereocenters. The molecule has 0 radical (unpaired) electrons. The molecule has 0 atom stereocenters. The van der Waals surface area contributed by atoms with E-state index in [1.807, 2.05) is 38.3 Å². The van der Waals surface area contributed by atoms with E-state index in [9.17, 15) is 10.1 Å². The lowest BCUT2D eigenvalue weighted by atomic mass is 10.1. The predicted octanol–water partition coefficient (Wildman–Crippen LogP) is 4.42. The third-order valence-corrected chi connectivity index (χ3v) is 4.69. The van der Waals surface area contributed by atoms with Gasteiger partial charge >= 0.3 is 0 Å². The number of nitrogens with one attached hydrogen (secondary N) is 1. The summed E-state index contributed by atoms with van der Waals surface area (Å²) >= 11 is 1.53. The highest BCUT2D eigenvalue weighted by atomic mass is 32.2. The van der Waals surface area contributed by atoms with Gasteiger partial charge in [0.05, 0.1) is 16.9 Å². The molecule has 2 rings (SSSR count). The second kappa shape index (κ2) is 8.72. The van der Waals surface area contributed by atoms with Crippen LogP contribution in [0.5, 0.6) is 0 Å². The lowest BCUT2D eigenvalue weighted by Gasteiger charge is -2.12. The number of rotatable bonds is 6. The molecule has 26 heavy (non-hydrogen) atoms. The summed E-state index contributed by atoms with van der Waals surface area (Å²) in [6.45, 7) is 9.29. The number of anilines is 1. The first-order valence-corrected chi connectivity index (χ1v) is 9.68. The van der Waals surface area contributed by atoms with Gasteiger partial charge in [-0.15, -0.1) is 11.8 Å². The third kappa shape index (κ3) is 4.77. The van der Waals surface area contributed by atoms with Crippen molar-refractivity contribution < 1.29 is 4.79 Å². The van der Waals surface area contributed by atoms with Gasteiger partial charge in [-0.25, -0.2) is 4.98 Å². The Bertz CT molecular complexity index is 857. The molecule has 0 saturated heterocycles. The molecule has 0 aromatic carbocycles. The van der Waals surface area contributed by atoms with Crippen molar-refractivity contribution in [3.05, 3.63) is 46.9 Å². The first-order chi connectivity index (χ1) is 12.3. The van der Waals surface area contributed by atoms with E-state index in [0.717, 1.165) is 28.5 Å². The third-order valence-electron chi connectivity index (χ3n) is 4.03. The fourth-order valence-corrected chi connectivity index (χ4v) is 3.06. The standard InChI is InChI=1S/C20H24N4OS/c1-13(2)12-24-14(3)8-16(15(24)4)9-17(10-21)20(25)23-18-6-7-19(26-5)22-11-18/h6-9,11,13H,12H2,1-5H3,(H,23,25)/b17-9-. The van der Waals surface area contributed by atoms with Crippen LogP contribution in [0.3, 0.4) is 0 Å². The van der Waals surface area contributed by atoms with E-state index in [4.69, 9.17) is 0 Å². The van der Waals surface area contributed by atoms with E-state index in [1.54, 1.807) is 18.3 Å². The molecule has 0 aliphatic heterocycles. The van der Waals surface area contributed by atoms with Crippen molar-refractivity contribution >= 4 is 29.4 Å². The maximum absolute atomic E-state index is 12.4. The van der Waals surface area contributed by atoms with Crippen molar-refractivity contribution in [1.82, 2.24) is 9.55 Å². The minimum absolute atomic E-state index is 0.0729. The van der Waals surface area contributed by atoms with Crippen LogP contribution in [-0.2, 0) is 11.3 Å². The lowest BCUT2D eigenvalue weighted by molar-refractivity contribution is -0.112. The van der Waals surface area contributed by atoms with Gasteiger partial charge in [0.25, 0.3) is 5.91 Å². The smallest absolute Gasteiger partial charge is 0.266 e. The number of pyridine rings is 1.